The molecule has 30 heavy (non-hydrogen) atoms. The molecular formula is C23H25N3O4. The van der Waals surface area contributed by atoms with E-state index in [9.17, 15) is 14.7 Å². The highest BCUT2D eigenvalue weighted by Gasteiger charge is 2.45. The molecule has 1 fully saturated rings. The topological polar surface area (TPSA) is 83.0 Å². The quantitative estimate of drug-likeness (QED) is 0.466. The molecule has 0 spiro atoms. The largest absolute Gasteiger partial charge is 0.507 e. The van der Waals surface area contributed by atoms with Crippen LogP contribution in [0.4, 0.5) is 5.69 Å². The van der Waals surface area contributed by atoms with Crippen molar-refractivity contribution in [2.24, 2.45) is 0 Å². The molecule has 0 radical (unpaired) electrons. The SMILES string of the molecule is CCCCN1C(=O)C(=O)/C(=C(\O)c2ccc3c(c2)N(C)CCO3)C1c1ccncc1. The molecule has 0 saturated carbocycles. The van der Waals surface area contributed by atoms with Gasteiger partial charge >= 0.3 is 0 Å². The fourth-order valence-electron chi connectivity index (χ4n) is 3.98. The Balaban J connectivity index is 1.83. The van der Waals surface area contributed by atoms with E-state index >= 15 is 0 Å². The summed E-state index contributed by atoms with van der Waals surface area (Å²) in [7, 11) is 1.95. The summed E-state index contributed by atoms with van der Waals surface area (Å²) in [5.41, 5.74) is 2.19. The van der Waals surface area contributed by atoms with Crippen molar-refractivity contribution in [1.29, 1.82) is 0 Å². The number of carbonyl (C=O) groups is 2. The van der Waals surface area contributed by atoms with Crippen molar-refractivity contribution in [2.45, 2.75) is 25.8 Å². The van der Waals surface area contributed by atoms with Gasteiger partial charge in [0.05, 0.1) is 23.8 Å². The zero-order valence-corrected chi connectivity index (χ0v) is 17.2. The Kier molecular flexibility index (Phi) is 5.44. The molecule has 1 amide bonds. The molecule has 2 aliphatic rings. The van der Waals surface area contributed by atoms with Crippen molar-refractivity contribution < 1.29 is 19.4 Å². The lowest BCUT2D eigenvalue weighted by atomic mass is 9.95. The molecule has 2 aliphatic heterocycles. The second kappa shape index (κ2) is 8.18. The minimum atomic E-state index is -0.659. The van der Waals surface area contributed by atoms with Gasteiger partial charge in [-0.15, -0.1) is 0 Å². The predicted octanol–water partition coefficient (Wildman–Crippen LogP) is 3.13. The summed E-state index contributed by atoms with van der Waals surface area (Å²) in [5, 5.41) is 11.2. The average molecular weight is 407 g/mol. The van der Waals surface area contributed by atoms with E-state index in [1.165, 1.54) is 0 Å². The Hall–Kier alpha value is -3.35. The van der Waals surface area contributed by atoms with Crippen LogP contribution in [0.25, 0.3) is 5.76 Å². The Bertz CT molecular complexity index is 1000. The zero-order chi connectivity index (χ0) is 21.3. The number of aliphatic hydroxyl groups excluding tert-OH is 1. The van der Waals surface area contributed by atoms with Gasteiger partial charge in [0, 0.05) is 31.5 Å². The number of aliphatic hydroxyl groups is 1. The first-order valence-electron chi connectivity index (χ1n) is 10.2. The van der Waals surface area contributed by atoms with Gasteiger partial charge in [-0.1, -0.05) is 13.3 Å². The fraction of sp³-hybridized carbons (Fsp3) is 0.348. The number of benzene rings is 1. The monoisotopic (exact) mass is 407 g/mol. The van der Waals surface area contributed by atoms with Gasteiger partial charge in [-0.2, -0.15) is 0 Å². The lowest BCUT2D eigenvalue weighted by Gasteiger charge is -2.28. The number of fused-ring (bicyclic) bond motifs is 1. The van der Waals surface area contributed by atoms with Crippen molar-refractivity contribution in [3.05, 3.63) is 59.4 Å². The summed E-state index contributed by atoms with van der Waals surface area (Å²) in [6.45, 7) is 3.81. The second-order valence-corrected chi connectivity index (χ2v) is 7.58. The smallest absolute Gasteiger partial charge is 0.295 e. The maximum atomic E-state index is 13.0. The molecule has 1 aromatic heterocycles. The Morgan fingerprint density at radius 3 is 2.73 bits per heavy atom. The highest BCUT2D eigenvalue weighted by atomic mass is 16.5. The third kappa shape index (κ3) is 3.40. The normalized spacial score (nSPS) is 20.3. The van der Waals surface area contributed by atoms with Gasteiger partial charge in [0.2, 0.25) is 0 Å². The van der Waals surface area contributed by atoms with Gasteiger partial charge in [-0.05, 0) is 42.3 Å². The number of ketones is 1. The predicted molar refractivity (Wildman–Crippen MR) is 113 cm³/mol. The number of carbonyl (C=O) groups excluding carboxylic acids is 2. The van der Waals surface area contributed by atoms with E-state index < -0.39 is 17.7 Å². The molecule has 156 valence electrons. The third-order valence-corrected chi connectivity index (χ3v) is 5.64. The van der Waals surface area contributed by atoms with E-state index in [0.717, 1.165) is 36.4 Å². The number of aromatic nitrogens is 1. The van der Waals surface area contributed by atoms with E-state index in [1.54, 1.807) is 47.6 Å². The second-order valence-electron chi connectivity index (χ2n) is 7.58. The minimum absolute atomic E-state index is 0.113. The Morgan fingerprint density at radius 2 is 2.00 bits per heavy atom. The first-order valence-corrected chi connectivity index (χ1v) is 10.2. The fourth-order valence-corrected chi connectivity index (χ4v) is 3.98. The molecule has 1 unspecified atom stereocenters. The third-order valence-electron chi connectivity index (χ3n) is 5.64. The lowest BCUT2D eigenvalue weighted by molar-refractivity contribution is -0.139. The average Bonchev–Trinajstić information content (AvgIpc) is 3.02. The van der Waals surface area contributed by atoms with Crippen LogP contribution in [-0.2, 0) is 9.59 Å². The van der Waals surface area contributed by atoms with Crippen LogP contribution >= 0.6 is 0 Å². The Morgan fingerprint density at radius 1 is 1.23 bits per heavy atom. The summed E-state index contributed by atoms with van der Waals surface area (Å²) in [5.74, 6) is -0.678. The van der Waals surface area contributed by atoms with Crippen LogP contribution in [0.15, 0.2) is 48.3 Å². The minimum Gasteiger partial charge on any atom is -0.507 e. The molecule has 1 saturated heterocycles. The van der Waals surface area contributed by atoms with Crippen LogP contribution < -0.4 is 9.64 Å². The number of anilines is 1. The number of nitrogens with zero attached hydrogens (tertiary/aromatic N) is 3. The van der Waals surface area contributed by atoms with Crippen molar-refractivity contribution in [1.82, 2.24) is 9.88 Å². The number of likely N-dealkylation sites (tertiary alicyclic amines) is 1. The van der Waals surface area contributed by atoms with Crippen LogP contribution in [0.1, 0.15) is 36.9 Å². The Labute approximate surface area is 175 Å². The van der Waals surface area contributed by atoms with Gasteiger partial charge in [0.15, 0.2) is 0 Å². The van der Waals surface area contributed by atoms with Gasteiger partial charge in [-0.25, -0.2) is 0 Å². The summed E-state index contributed by atoms with van der Waals surface area (Å²) < 4.78 is 5.67. The van der Waals surface area contributed by atoms with E-state index in [4.69, 9.17) is 4.74 Å². The van der Waals surface area contributed by atoms with Crippen LogP contribution in [0.3, 0.4) is 0 Å². The molecule has 0 aliphatic carbocycles. The maximum absolute atomic E-state index is 13.0. The van der Waals surface area contributed by atoms with Crippen molar-refractivity contribution in [2.75, 3.05) is 31.6 Å². The van der Waals surface area contributed by atoms with Crippen molar-refractivity contribution in [3.8, 4) is 5.75 Å². The molecule has 1 N–H and O–H groups in total. The van der Waals surface area contributed by atoms with Crippen molar-refractivity contribution in [3.63, 3.8) is 0 Å². The number of ether oxygens (including phenoxy) is 1. The molecule has 4 rings (SSSR count). The number of Topliss-reactive ketones (excluding diaryl/α,β-unsaturated/α-hetero) is 1. The standard InChI is InChI=1S/C23H25N3O4/c1-3-4-11-26-20(15-7-9-24-10-8-15)19(22(28)23(26)29)21(27)16-5-6-18-17(14-16)25(2)12-13-30-18/h5-10,14,20,27H,3-4,11-13H2,1-2H3/b21-19-. The summed E-state index contributed by atoms with van der Waals surface area (Å²) >= 11 is 0. The highest BCUT2D eigenvalue weighted by Crippen LogP contribution is 2.41. The number of pyridine rings is 1. The molecule has 7 heteroatoms. The molecular weight excluding hydrogens is 382 g/mol. The van der Waals surface area contributed by atoms with Crippen LogP contribution in [0, 0.1) is 0 Å². The lowest BCUT2D eigenvalue weighted by Crippen LogP contribution is -2.30. The van der Waals surface area contributed by atoms with Gasteiger partial charge in [0.25, 0.3) is 11.7 Å². The zero-order valence-electron chi connectivity index (χ0n) is 17.2. The maximum Gasteiger partial charge on any atom is 0.295 e. The molecule has 2 aromatic rings. The number of amides is 1. The molecule has 1 atom stereocenters. The number of likely N-dealkylation sites (N-methyl/N-ethyl adjacent to an activating group) is 1. The summed E-state index contributed by atoms with van der Waals surface area (Å²) in [6, 6.07) is 8.22. The summed E-state index contributed by atoms with van der Waals surface area (Å²) in [4.78, 5) is 33.4. The first-order chi connectivity index (χ1) is 14.5. The van der Waals surface area contributed by atoms with Gasteiger partial charge in [-0.3, -0.25) is 14.6 Å². The van der Waals surface area contributed by atoms with Gasteiger partial charge < -0.3 is 19.6 Å². The number of hydrogen-bond donors (Lipinski definition) is 1. The van der Waals surface area contributed by atoms with Crippen molar-refractivity contribution >= 4 is 23.1 Å². The number of unbranched alkanes of at least 4 members (excludes halogenated alkanes) is 1. The number of rotatable bonds is 5. The van der Waals surface area contributed by atoms with E-state index in [2.05, 4.69) is 4.98 Å². The van der Waals surface area contributed by atoms with Gasteiger partial charge in [0.1, 0.15) is 18.1 Å². The first kappa shape index (κ1) is 19.9. The van der Waals surface area contributed by atoms with Crippen LogP contribution in [0.5, 0.6) is 5.75 Å². The van der Waals surface area contributed by atoms with Crippen LogP contribution in [-0.4, -0.2) is 53.4 Å². The van der Waals surface area contributed by atoms with Crippen LogP contribution in [0.2, 0.25) is 0 Å². The molecule has 0 bridgehead atoms. The highest BCUT2D eigenvalue weighted by molar-refractivity contribution is 6.46. The molecule has 7 nitrogen and oxygen atoms in total. The van der Waals surface area contributed by atoms with E-state index in [0.29, 0.717) is 18.7 Å². The molecule has 3 heterocycles. The number of hydrogen-bond acceptors (Lipinski definition) is 6. The molecule has 1 aromatic carbocycles. The van der Waals surface area contributed by atoms with E-state index in [-0.39, 0.29) is 11.3 Å². The van der Waals surface area contributed by atoms with E-state index in [1.807, 2.05) is 18.9 Å². The summed E-state index contributed by atoms with van der Waals surface area (Å²) in [6.07, 6.45) is 4.92.